The van der Waals surface area contributed by atoms with Crippen LogP contribution in [-0.2, 0) is 26.2 Å². The first-order valence-electron chi connectivity index (χ1n) is 11.9. The summed E-state index contributed by atoms with van der Waals surface area (Å²) in [5.74, 6) is -0.446. The molecule has 2 aromatic carbocycles. The summed E-state index contributed by atoms with van der Waals surface area (Å²) in [7, 11) is -3.59. The summed E-state index contributed by atoms with van der Waals surface area (Å²) in [5.41, 5.74) is 2.14. The zero-order chi connectivity index (χ0) is 27.0. The fraction of sp³-hybridized carbons (Fsp3) is 0.462. The summed E-state index contributed by atoms with van der Waals surface area (Å²) in [6.45, 7) is 7.80. The average Bonchev–Trinajstić information content (AvgIpc) is 2.80. The predicted molar refractivity (Wildman–Crippen MR) is 150 cm³/mol. The molecule has 0 spiro atoms. The fourth-order valence-corrected chi connectivity index (χ4v) is 5.34. The van der Waals surface area contributed by atoms with Gasteiger partial charge in [-0.3, -0.25) is 13.9 Å². The number of nitrogens with one attached hydrogen (secondary N) is 1. The van der Waals surface area contributed by atoms with Crippen molar-refractivity contribution in [2.75, 3.05) is 17.1 Å². The molecule has 2 aromatic rings. The molecule has 0 unspecified atom stereocenters. The quantitative estimate of drug-likeness (QED) is 0.359. The van der Waals surface area contributed by atoms with Gasteiger partial charge in [0.05, 0.1) is 11.9 Å². The van der Waals surface area contributed by atoms with Crippen LogP contribution < -0.4 is 9.62 Å². The van der Waals surface area contributed by atoms with Gasteiger partial charge in [0.15, 0.2) is 0 Å². The number of rotatable bonds is 12. The second-order valence-electron chi connectivity index (χ2n) is 9.01. The number of halogens is 2. The molecule has 0 aliphatic heterocycles. The van der Waals surface area contributed by atoms with Crippen LogP contribution >= 0.6 is 27.5 Å². The van der Waals surface area contributed by atoms with Crippen LogP contribution in [-0.4, -0.2) is 50.0 Å². The van der Waals surface area contributed by atoms with Gasteiger partial charge in [-0.25, -0.2) is 8.42 Å². The van der Waals surface area contributed by atoms with Crippen molar-refractivity contribution in [1.82, 2.24) is 10.2 Å². The molecule has 10 heteroatoms. The van der Waals surface area contributed by atoms with Gasteiger partial charge in [0.1, 0.15) is 6.04 Å². The number of amides is 2. The molecule has 0 fully saturated rings. The number of nitrogens with zero attached hydrogens (tertiary/aromatic N) is 2. The lowest BCUT2D eigenvalue weighted by atomic mass is 10.1. The molecule has 7 nitrogen and oxygen atoms in total. The van der Waals surface area contributed by atoms with Crippen LogP contribution in [0.3, 0.4) is 0 Å². The second-order valence-corrected chi connectivity index (χ2v) is 12.3. The lowest BCUT2D eigenvalue weighted by Crippen LogP contribution is -2.49. The highest BCUT2D eigenvalue weighted by molar-refractivity contribution is 9.10. The first-order chi connectivity index (χ1) is 16.8. The van der Waals surface area contributed by atoms with Crippen LogP contribution in [0.2, 0.25) is 5.02 Å². The molecule has 0 bridgehead atoms. The van der Waals surface area contributed by atoms with Gasteiger partial charge in [-0.15, -0.1) is 0 Å². The molecule has 2 rings (SSSR count). The zero-order valence-corrected chi connectivity index (χ0v) is 24.6. The molecule has 0 radical (unpaired) electrons. The number of hydrogen-bond donors (Lipinski definition) is 1. The largest absolute Gasteiger partial charge is 0.352 e. The molecular formula is C26H35BrClN3O4S. The van der Waals surface area contributed by atoms with Crippen molar-refractivity contribution in [3.05, 3.63) is 63.1 Å². The summed E-state index contributed by atoms with van der Waals surface area (Å²) in [6.07, 6.45) is 2.28. The molecule has 0 saturated carbocycles. The third kappa shape index (κ3) is 8.78. The standard InChI is InChI=1S/C26H35BrClN3O4S/c1-6-19(3)29-26(33)20(4)30(17-21-9-7-10-22(27)15-21)25(32)11-8-14-31(36(5,34)35)24-16-23(28)13-12-18(24)2/h7,9-10,12-13,15-16,19-20H,6,8,11,14,17H2,1-5H3,(H,29,33)/t19-,20+/m0/s1. The molecule has 36 heavy (non-hydrogen) atoms. The molecule has 0 aliphatic rings. The predicted octanol–water partition coefficient (Wildman–Crippen LogP) is 5.29. The SMILES string of the molecule is CC[C@H](C)NC(=O)[C@@H](C)N(Cc1cccc(Br)c1)C(=O)CCCN(c1cc(Cl)ccc1C)S(C)(=O)=O. The highest BCUT2D eigenvalue weighted by Crippen LogP contribution is 2.27. The van der Waals surface area contributed by atoms with E-state index in [-0.39, 0.29) is 43.8 Å². The summed E-state index contributed by atoms with van der Waals surface area (Å²) < 4.78 is 27.2. The Morgan fingerprint density at radius 3 is 2.44 bits per heavy atom. The van der Waals surface area contributed by atoms with Crippen LogP contribution in [0.4, 0.5) is 5.69 Å². The van der Waals surface area contributed by atoms with Gasteiger partial charge >= 0.3 is 0 Å². The summed E-state index contributed by atoms with van der Waals surface area (Å²) in [5, 5.41) is 3.38. The Kier molecular flexibility index (Phi) is 11.3. The summed E-state index contributed by atoms with van der Waals surface area (Å²) >= 11 is 9.56. The third-order valence-corrected chi connectivity index (χ3v) is 7.91. The normalized spacial score (nSPS) is 13.1. The zero-order valence-electron chi connectivity index (χ0n) is 21.4. The van der Waals surface area contributed by atoms with Crippen molar-refractivity contribution in [2.24, 2.45) is 0 Å². The van der Waals surface area contributed by atoms with Crippen LogP contribution in [0.1, 0.15) is 51.2 Å². The maximum atomic E-state index is 13.4. The number of benzene rings is 2. The molecule has 1 N–H and O–H groups in total. The van der Waals surface area contributed by atoms with E-state index in [4.69, 9.17) is 11.6 Å². The minimum Gasteiger partial charge on any atom is -0.352 e. The van der Waals surface area contributed by atoms with E-state index in [0.29, 0.717) is 10.7 Å². The van der Waals surface area contributed by atoms with Gasteiger partial charge in [0.25, 0.3) is 0 Å². The van der Waals surface area contributed by atoms with E-state index >= 15 is 0 Å². The van der Waals surface area contributed by atoms with E-state index in [9.17, 15) is 18.0 Å². The second kappa shape index (κ2) is 13.4. The monoisotopic (exact) mass is 599 g/mol. The highest BCUT2D eigenvalue weighted by atomic mass is 79.9. The number of aryl methyl sites for hydroxylation is 1. The number of carbonyl (C=O) groups is 2. The van der Waals surface area contributed by atoms with Crippen molar-refractivity contribution in [3.63, 3.8) is 0 Å². The maximum absolute atomic E-state index is 13.4. The van der Waals surface area contributed by atoms with Crippen molar-refractivity contribution in [1.29, 1.82) is 0 Å². The van der Waals surface area contributed by atoms with E-state index < -0.39 is 16.1 Å². The lowest BCUT2D eigenvalue weighted by Gasteiger charge is -2.30. The molecular weight excluding hydrogens is 566 g/mol. The first-order valence-corrected chi connectivity index (χ1v) is 14.9. The Bertz CT molecular complexity index is 1180. The van der Waals surface area contributed by atoms with E-state index in [1.165, 1.54) is 4.31 Å². The number of hydrogen-bond acceptors (Lipinski definition) is 4. The van der Waals surface area contributed by atoms with E-state index in [1.54, 1.807) is 30.0 Å². The Balaban J connectivity index is 2.21. The topological polar surface area (TPSA) is 86.8 Å². The van der Waals surface area contributed by atoms with E-state index in [2.05, 4.69) is 21.2 Å². The van der Waals surface area contributed by atoms with Crippen molar-refractivity contribution >= 4 is 55.1 Å². The van der Waals surface area contributed by atoms with Crippen molar-refractivity contribution < 1.29 is 18.0 Å². The lowest BCUT2D eigenvalue weighted by molar-refractivity contribution is -0.140. The van der Waals surface area contributed by atoms with Crippen LogP contribution in [0.5, 0.6) is 0 Å². The first kappa shape index (κ1) is 30.1. The van der Waals surface area contributed by atoms with Gasteiger partial charge in [0.2, 0.25) is 21.8 Å². The summed E-state index contributed by atoms with van der Waals surface area (Å²) in [6, 6.07) is 12.0. The Morgan fingerprint density at radius 2 is 1.83 bits per heavy atom. The van der Waals surface area contributed by atoms with E-state index in [0.717, 1.165) is 28.3 Å². The highest BCUT2D eigenvalue weighted by Gasteiger charge is 2.27. The summed E-state index contributed by atoms with van der Waals surface area (Å²) in [4.78, 5) is 27.8. The number of anilines is 1. The van der Waals surface area contributed by atoms with Gasteiger partial charge in [-0.2, -0.15) is 0 Å². The smallest absolute Gasteiger partial charge is 0.242 e. The molecule has 2 atom stereocenters. The molecule has 2 amide bonds. The van der Waals surface area contributed by atoms with Gasteiger partial charge in [-0.05, 0) is 69.0 Å². The van der Waals surface area contributed by atoms with Crippen LogP contribution in [0.25, 0.3) is 0 Å². The van der Waals surface area contributed by atoms with Gasteiger partial charge < -0.3 is 10.2 Å². The number of carbonyl (C=O) groups excluding carboxylic acids is 2. The van der Waals surface area contributed by atoms with Crippen LogP contribution in [0, 0.1) is 6.92 Å². The van der Waals surface area contributed by atoms with Crippen LogP contribution in [0.15, 0.2) is 46.9 Å². The molecule has 198 valence electrons. The molecule has 0 aromatic heterocycles. The Morgan fingerprint density at radius 1 is 1.14 bits per heavy atom. The maximum Gasteiger partial charge on any atom is 0.242 e. The average molecular weight is 601 g/mol. The fourth-order valence-electron chi connectivity index (χ4n) is 3.71. The number of sulfonamides is 1. The van der Waals surface area contributed by atoms with E-state index in [1.807, 2.05) is 45.0 Å². The third-order valence-electron chi connectivity index (χ3n) is 6.00. The Hall–Kier alpha value is -2.10. The van der Waals surface area contributed by atoms with Crippen molar-refractivity contribution in [3.8, 4) is 0 Å². The van der Waals surface area contributed by atoms with Gasteiger partial charge in [0, 0.05) is 35.0 Å². The minimum absolute atomic E-state index is 0.00738. The minimum atomic E-state index is -3.59. The molecule has 0 aliphatic carbocycles. The molecule has 0 heterocycles. The Labute approximate surface area is 228 Å². The van der Waals surface area contributed by atoms with Gasteiger partial charge in [-0.1, -0.05) is 52.7 Å². The van der Waals surface area contributed by atoms with Crippen molar-refractivity contribution in [2.45, 2.75) is 65.6 Å². The molecule has 0 saturated heterocycles.